The van der Waals surface area contributed by atoms with Crippen molar-refractivity contribution in [1.82, 2.24) is 0 Å². The molecule has 1 aromatic carbocycles. The van der Waals surface area contributed by atoms with Crippen molar-refractivity contribution in [3.63, 3.8) is 0 Å². The zero-order chi connectivity index (χ0) is 14.7. The molecule has 0 amide bonds. The number of hydrogen-bond donors (Lipinski definition) is 2. The SMILES string of the molecule is NC(=NO)c1ccccc1N1CCC2(CCCCC2)CC1. The third kappa shape index (κ3) is 2.85. The van der Waals surface area contributed by atoms with Gasteiger partial charge in [0.05, 0.1) is 0 Å². The molecule has 4 nitrogen and oxygen atoms in total. The van der Waals surface area contributed by atoms with Crippen LogP contribution in [0, 0.1) is 5.41 Å². The van der Waals surface area contributed by atoms with Crippen LogP contribution in [-0.2, 0) is 0 Å². The standard InChI is InChI=1S/C17H25N3O/c18-16(19-21)14-6-2-3-7-15(14)20-12-10-17(11-13-20)8-4-1-5-9-17/h2-3,6-7,21H,1,4-5,8-13H2,(H2,18,19). The van der Waals surface area contributed by atoms with Crippen molar-refractivity contribution in [3.8, 4) is 0 Å². The Bertz CT molecular complexity index is 511. The van der Waals surface area contributed by atoms with E-state index in [4.69, 9.17) is 10.9 Å². The minimum atomic E-state index is 0.198. The van der Waals surface area contributed by atoms with Gasteiger partial charge in [-0.15, -0.1) is 0 Å². The van der Waals surface area contributed by atoms with Gasteiger partial charge in [0.25, 0.3) is 0 Å². The van der Waals surface area contributed by atoms with Crippen molar-refractivity contribution in [1.29, 1.82) is 0 Å². The van der Waals surface area contributed by atoms with Gasteiger partial charge >= 0.3 is 0 Å². The number of piperidine rings is 1. The van der Waals surface area contributed by atoms with Crippen molar-refractivity contribution in [2.45, 2.75) is 44.9 Å². The van der Waals surface area contributed by atoms with Gasteiger partial charge in [0, 0.05) is 24.3 Å². The summed E-state index contributed by atoms with van der Waals surface area (Å²) in [5.74, 6) is 0.198. The Morgan fingerprint density at radius 3 is 2.38 bits per heavy atom. The van der Waals surface area contributed by atoms with Crippen LogP contribution < -0.4 is 10.6 Å². The molecule has 1 aromatic rings. The van der Waals surface area contributed by atoms with E-state index in [0.717, 1.165) is 24.3 Å². The van der Waals surface area contributed by atoms with Crippen molar-refractivity contribution in [3.05, 3.63) is 29.8 Å². The topological polar surface area (TPSA) is 61.9 Å². The van der Waals surface area contributed by atoms with Crippen LogP contribution in [0.1, 0.15) is 50.5 Å². The lowest BCUT2D eigenvalue weighted by molar-refractivity contribution is 0.144. The Morgan fingerprint density at radius 2 is 1.71 bits per heavy atom. The number of rotatable bonds is 2. The predicted octanol–water partition coefficient (Wildman–Crippen LogP) is 3.33. The van der Waals surface area contributed by atoms with Crippen LogP contribution in [0.25, 0.3) is 0 Å². The molecule has 1 spiro atoms. The first-order valence-corrected chi connectivity index (χ1v) is 8.06. The lowest BCUT2D eigenvalue weighted by Gasteiger charge is -2.45. The van der Waals surface area contributed by atoms with Gasteiger partial charge in [0.15, 0.2) is 5.84 Å². The summed E-state index contributed by atoms with van der Waals surface area (Å²) in [5, 5.41) is 12.1. The van der Waals surface area contributed by atoms with E-state index in [1.54, 1.807) is 0 Å². The van der Waals surface area contributed by atoms with Gasteiger partial charge in [0.2, 0.25) is 0 Å². The summed E-state index contributed by atoms with van der Waals surface area (Å²) in [6, 6.07) is 7.96. The molecule has 1 aliphatic heterocycles. The van der Waals surface area contributed by atoms with Crippen molar-refractivity contribution in [2.24, 2.45) is 16.3 Å². The third-order valence-electron chi connectivity index (χ3n) is 5.37. The Hall–Kier alpha value is -1.71. The molecule has 0 atom stereocenters. The Morgan fingerprint density at radius 1 is 1.05 bits per heavy atom. The van der Waals surface area contributed by atoms with Crippen LogP contribution >= 0.6 is 0 Å². The zero-order valence-electron chi connectivity index (χ0n) is 12.6. The van der Waals surface area contributed by atoms with E-state index in [-0.39, 0.29) is 5.84 Å². The number of benzene rings is 1. The van der Waals surface area contributed by atoms with E-state index in [1.807, 2.05) is 18.2 Å². The number of hydrogen-bond acceptors (Lipinski definition) is 3. The molecule has 4 heteroatoms. The van der Waals surface area contributed by atoms with E-state index in [9.17, 15) is 0 Å². The number of anilines is 1. The first kappa shape index (κ1) is 14.2. The largest absolute Gasteiger partial charge is 0.409 e. The van der Waals surface area contributed by atoms with Crippen LogP contribution in [0.5, 0.6) is 0 Å². The molecule has 21 heavy (non-hydrogen) atoms. The molecular formula is C17H25N3O. The fourth-order valence-corrected chi connectivity index (χ4v) is 4.04. The third-order valence-corrected chi connectivity index (χ3v) is 5.37. The number of para-hydroxylation sites is 1. The molecule has 3 rings (SSSR count). The smallest absolute Gasteiger partial charge is 0.172 e. The van der Waals surface area contributed by atoms with Crippen LogP contribution in [0.2, 0.25) is 0 Å². The molecule has 1 saturated heterocycles. The lowest BCUT2D eigenvalue weighted by atomic mass is 9.68. The summed E-state index contributed by atoms with van der Waals surface area (Å²) in [6.07, 6.45) is 9.58. The average Bonchev–Trinajstić information content (AvgIpc) is 2.56. The molecule has 0 radical (unpaired) electrons. The quantitative estimate of drug-likeness (QED) is 0.379. The van der Waals surface area contributed by atoms with Crippen LogP contribution in [0.3, 0.4) is 0 Å². The molecular weight excluding hydrogens is 262 g/mol. The van der Waals surface area contributed by atoms with Gasteiger partial charge < -0.3 is 15.8 Å². The van der Waals surface area contributed by atoms with Gasteiger partial charge in [-0.25, -0.2) is 0 Å². The Kier molecular flexibility index (Phi) is 4.04. The van der Waals surface area contributed by atoms with E-state index >= 15 is 0 Å². The highest BCUT2D eigenvalue weighted by Gasteiger charge is 2.35. The predicted molar refractivity (Wildman–Crippen MR) is 85.9 cm³/mol. The molecule has 2 aliphatic rings. The molecule has 3 N–H and O–H groups in total. The summed E-state index contributed by atoms with van der Waals surface area (Å²) in [6.45, 7) is 2.16. The fourth-order valence-electron chi connectivity index (χ4n) is 4.04. The summed E-state index contributed by atoms with van der Waals surface area (Å²) < 4.78 is 0. The molecule has 1 heterocycles. The van der Waals surface area contributed by atoms with Crippen molar-refractivity contribution < 1.29 is 5.21 Å². The van der Waals surface area contributed by atoms with Gasteiger partial charge in [-0.3, -0.25) is 0 Å². The van der Waals surface area contributed by atoms with E-state index in [1.165, 1.54) is 44.9 Å². The van der Waals surface area contributed by atoms with E-state index < -0.39 is 0 Å². The number of oxime groups is 1. The Labute approximate surface area is 126 Å². The van der Waals surface area contributed by atoms with Gasteiger partial charge in [-0.05, 0) is 43.2 Å². The molecule has 2 fully saturated rings. The van der Waals surface area contributed by atoms with E-state index in [0.29, 0.717) is 5.41 Å². The highest BCUT2D eigenvalue weighted by atomic mass is 16.4. The lowest BCUT2D eigenvalue weighted by Crippen LogP contribution is -2.41. The summed E-state index contributed by atoms with van der Waals surface area (Å²) in [4.78, 5) is 2.40. The number of amidine groups is 1. The van der Waals surface area contributed by atoms with Crippen molar-refractivity contribution in [2.75, 3.05) is 18.0 Å². The molecule has 114 valence electrons. The normalized spacial score (nSPS) is 22.5. The highest BCUT2D eigenvalue weighted by molar-refractivity contribution is 6.02. The maximum atomic E-state index is 8.95. The number of nitrogens with two attached hydrogens (primary N) is 1. The second kappa shape index (κ2) is 5.96. The maximum Gasteiger partial charge on any atom is 0.172 e. The molecule has 1 saturated carbocycles. The van der Waals surface area contributed by atoms with Crippen LogP contribution in [0.4, 0.5) is 5.69 Å². The van der Waals surface area contributed by atoms with Crippen molar-refractivity contribution >= 4 is 11.5 Å². The summed E-state index contributed by atoms with van der Waals surface area (Å²) in [5.41, 5.74) is 8.34. The minimum Gasteiger partial charge on any atom is -0.409 e. The van der Waals surface area contributed by atoms with Crippen LogP contribution in [-0.4, -0.2) is 24.1 Å². The molecule has 1 aliphatic carbocycles. The van der Waals surface area contributed by atoms with Gasteiger partial charge in [0.1, 0.15) is 0 Å². The van der Waals surface area contributed by atoms with E-state index in [2.05, 4.69) is 16.1 Å². The fraction of sp³-hybridized carbons (Fsp3) is 0.588. The average molecular weight is 287 g/mol. The molecule has 0 unspecified atom stereocenters. The monoisotopic (exact) mass is 287 g/mol. The summed E-state index contributed by atoms with van der Waals surface area (Å²) in [7, 11) is 0. The van der Waals surface area contributed by atoms with Gasteiger partial charge in [-0.2, -0.15) is 0 Å². The molecule has 0 bridgehead atoms. The summed E-state index contributed by atoms with van der Waals surface area (Å²) >= 11 is 0. The zero-order valence-corrected chi connectivity index (χ0v) is 12.6. The second-order valence-electron chi connectivity index (χ2n) is 6.55. The first-order chi connectivity index (χ1) is 10.2. The minimum absolute atomic E-state index is 0.198. The van der Waals surface area contributed by atoms with Crippen LogP contribution in [0.15, 0.2) is 29.4 Å². The second-order valence-corrected chi connectivity index (χ2v) is 6.55. The molecule has 0 aromatic heterocycles. The first-order valence-electron chi connectivity index (χ1n) is 8.06. The number of nitrogens with zero attached hydrogens (tertiary/aromatic N) is 2. The maximum absolute atomic E-state index is 8.95. The van der Waals surface area contributed by atoms with Gasteiger partial charge in [-0.1, -0.05) is 36.6 Å². The highest BCUT2D eigenvalue weighted by Crippen LogP contribution is 2.45. The Balaban J connectivity index is 1.75.